The van der Waals surface area contributed by atoms with Crippen LogP contribution < -0.4 is 35.2 Å². The molecule has 1 saturated heterocycles. The first-order chi connectivity index (χ1) is 21.0. The van der Waals surface area contributed by atoms with Gasteiger partial charge in [0.2, 0.25) is 5.91 Å². The maximum atomic E-state index is 13.1. The van der Waals surface area contributed by atoms with Crippen molar-refractivity contribution in [1.29, 1.82) is 5.26 Å². The summed E-state index contributed by atoms with van der Waals surface area (Å²) < 4.78 is 38.9. The number of carbonyl (C=O) groups is 2. The van der Waals surface area contributed by atoms with Crippen LogP contribution in [0.4, 0.5) is 30.2 Å². The van der Waals surface area contributed by atoms with Gasteiger partial charge in [0.15, 0.2) is 5.57 Å². The zero-order valence-corrected chi connectivity index (χ0v) is 25.0. The quantitative estimate of drug-likeness (QED) is 0.373. The number of amides is 2. The number of anilines is 3. The van der Waals surface area contributed by atoms with E-state index < -0.39 is 29.8 Å². The summed E-state index contributed by atoms with van der Waals surface area (Å²) in [5, 5.41) is 14.2. The second-order valence-corrected chi connectivity index (χ2v) is 11.0. The minimum Gasteiger partial charge on any atom is -0.369 e. The SMILES string of the molecule is CCn1c(=O)/c(=C\Nc2cccc(N(C)C(=O)CN3CCN(c4ccccc4)CC3)c2)s/c1=C(/C#N)C(=O)NCC(F)(F)F. The number of rotatable bonds is 9. The smallest absolute Gasteiger partial charge is 0.369 e. The zero-order valence-electron chi connectivity index (χ0n) is 24.2. The lowest BCUT2D eigenvalue weighted by Gasteiger charge is -2.36. The number of benzene rings is 2. The Labute approximate surface area is 255 Å². The fourth-order valence-electron chi connectivity index (χ4n) is 4.65. The van der Waals surface area contributed by atoms with E-state index in [0.717, 1.165) is 42.1 Å². The first kappa shape index (κ1) is 32.3. The van der Waals surface area contributed by atoms with E-state index >= 15 is 0 Å². The fourth-order valence-corrected chi connectivity index (χ4v) is 5.74. The third-order valence-corrected chi connectivity index (χ3v) is 8.19. The molecule has 0 unspecified atom stereocenters. The standard InChI is InChI=1S/C30H32F3N7O3S/c1-3-40-28(43)25(44-29(40)24(17-34)27(42)36-20-30(31,32)33)18-35-21-8-7-11-23(16-21)37(2)26(41)19-38-12-14-39(15-13-38)22-9-5-4-6-10-22/h4-11,16,18,35H,3,12-15,19-20H2,1-2H3,(H,36,42)/b25-18+,29-24-. The van der Waals surface area contributed by atoms with E-state index in [1.807, 2.05) is 18.2 Å². The average Bonchev–Trinajstić information content (AvgIpc) is 3.33. The number of nitriles is 1. The number of thiazole rings is 1. The van der Waals surface area contributed by atoms with Crippen molar-refractivity contribution in [3.8, 4) is 6.07 Å². The number of likely N-dealkylation sites (N-methyl/N-ethyl adjacent to an activating group) is 1. The molecule has 1 fully saturated rings. The summed E-state index contributed by atoms with van der Waals surface area (Å²) in [4.78, 5) is 44.3. The summed E-state index contributed by atoms with van der Waals surface area (Å²) in [7, 11) is 1.69. The highest BCUT2D eigenvalue weighted by atomic mass is 32.1. The summed E-state index contributed by atoms with van der Waals surface area (Å²) in [5.74, 6) is -1.29. The lowest BCUT2D eigenvalue weighted by molar-refractivity contribution is -0.135. The maximum absolute atomic E-state index is 13.1. The molecule has 44 heavy (non-hydrogen) atoms. The van der Waals surface area contributed by atoms with Gasteiger partial charge in [0.05, 0.1) is 6.54 Å². The Morgan fingerprint density at radius 2 is 1.80 bits per heavy atom. The van der Waals surface area contributed by atoms with E-state index in [4.69, 9.17) is 0 Å². The van der Waals surface area contributed by atoms with Gasteiger partial charge in [0, 0.05) is 63.0 Å². The van der Waals surface area contributed by atoms with Crippen LogP contribution in [0, 0.1) is 11.3 Å². The number of nitrogens with zero attached hydrogens (tertiary/aromatic N) is 5. The number of aromatic nitrogens is 1. The topological polar surface area (TPSA) is 114 Å². The largest absolute Gasteiger partial charge is 0.405 e. The Bertz CT molecular complexity index is 1710. The van der Waals surface area contributed by atoms with Gasteiger partial charge in [-0.05, 0) is 37.3 Å². The van der Waals surface area contributed by atoms with E-state index in [2.05, 4.69) is 27.2 Å². The van der Waals surface area contributed by atoms with Crippen LogP contribution >= 0.6 is 11.3 Å². The molecule has 2 amide bonds. The van der Waals surface area contributed by atoms with Gasteiger partial charge in [-0.3, -0.25) is 23.9 Å². The van der Waals surface area contributed by atoms with Crippen LogP contribution in [0.25, 0.3) is 11.8 Å². The Morgan fingerprint density at radius 1 is 1.09 bits per heavy atom. The summed E-state index contributed by atoms with van der Waals surface area (Å²) >= 11 is 0.815. The highest BCUT2D eigenvalue weighted by Gasteiger charge is 2.29. The molecule has 2 heterocycles. The Kier molecular flexibility index (Phi) is 10.5. The summed E-state index contributed by atoms with van der Waals surface area (Å²) in [5.41, 5.74) is 1.28. The van der Waals surface area contributed by atoms with Crippen molar-refractivity contribution in [3.63, 3.8) is 0 Å². The molecule has 0 atom stereocenters. The lowest BCUT2D eigenvalue weighted by Crippen LogP contribution is -2.49. The van der Waals surface area contributed by atoms with E-state index in [1.165, 1.54) is 11.9 Å². The molecular weight excluding hydrogens is 595 g/mol. The summed E-state index contributed by atoms with van der Waals surface area (Å²) in [6.45, 7) is 3.56. The van der Waals surface area contributed by atoms with Crippen LogP contribution in [0.3, 0.4) is 0 Å². The predicted molar refractivity (Wildman–Crippen MR) is 165 cm³/mol. The average molecular weight is 628 g/mol. The van der Waals surface area contributed by atoms with E-state index in [0.29, 0.717) is 11.4 Å². The molecule has 10 nitrogen and oxygen atoms in total. The Morgan fingerprint density at radius 3 is 2.43 bits per heavy atom. The molecule has 1 aromatic heterocycles. The number of hydrogen-bond acceptors (Lipinski definition) is 8. The minimum absolute atomic E-state index is 0.0450. The molecule has 4 rings (SSSR count). The third kappa shape index (κ3) is 8.06. The van der Waals surface area contributed by atoms with Crippen molar-refractivity contribution >= 4 is 52.0 Å². The normalized spacial score (nSPS) is 15.0. The number of halogens is 3. The van der Waals surface area contributed by atoms with Gasteiger partial charge in [-0.25, -0.2) is 0 Å². The van der Waals surface area contributed by atoms with Gasteiger partial charge in [-0.2, -0.15) is 18.4 Å². The number of nitrogens with one attached hydrogen (secondary N) is 2. The number of para-hydroxylation sites is 1. The van der Waals surface area contributed by atoms with E-state index in [9.17, 15) is 32.8 Å². The van der Waals surface area contributed by atoms with Gasteiger partial charge in [-0.15, -0.1) is 11.3 Å². The second-order valence-electron chi connectivity index (χ2n) is 10.00. The number of alkyl halides is 3. The van der Waals surface area contributed by atoms with Crippen molar-refractivity contribution in [2.45, 2.75) is 19.6 Å². The molecular formula is C30H32F3N7O3S. The number of piperazine rings is 1. The molecule has 1 aliphatic heterocycles. The van der Waals surface area contributed by atoms with E-state index in [1.54, 1.807) is 54.5 Å². The minimum atomic E-state index is -4.65. The first-order valence-corrected chi connectivity index (χ1v) is 14.7. The van der Waals surface area contributed by atoms with Crippen LogP contribution in [-0.4, -0.2) is 73.8 Å². The summed E-state index contributed by atoms with van der Waals surface area (Å²) in [6, 6.07) is 18.8. The van der Waals surface area contributed by atoms with Gasteiger partial charge in [-0.1, -0.05) is 24.3 Å². The van der Waals surface area contributed by atoms with Crippen LogP contribution in [0.2, 0.25) is 0 Å². The molecule has 3 aromatic rings. The van der Waals surface area contributed by atoms with Gasteiger partial charge in [0.25, 0.3) is 11.5 Å². The maximum Gasteiger partial charge on any atom is 0.405 e. The predicted octanol–water partition coefficient (Wildman–Crippen LogP) is 1.92. The Balaban J connectivity index is 1.45. The highest BCUT2D eigenvalue weighted by molar-refractivity contribution is 7.07. The Hall–Kier alpha value is -4.61. The van der Waals surface area contributed by atoms with E-state index in [-0.39, 0.29) is 28.2 Å². The molecule has 232 valence electrons. The molecule has 0 radical (unpaired) electrons. The van der Waals surface area contributed by atoms with Gasteiger partial charge >= 0.3 is 6.18 Å². The van der Waals surface area contributed by atoms with Crippen molar-refractivity contribution in [2.24, 2.45) is 0 Å². The summed E-state index contributed by atoms with van der Waals surface area (Å²) in [6.07, 6.45) is -3.25. The molecule has 14 heteroatoms. The van der Waals surface area contributed by atoms with Crippen molar-refractivity contribution in [3.05, 3.63) is 74.1 Å². The monoisotopic (exact) mass is 627 g/mol. The van der Waals surface area contributed by atoms with Gasteiger partial charge in [0.1, 0.15) is 21.8 Å². The number of carbonyl (C=O) groups excluding carboxylic acids is 2. The van der Waals surface area contributed by atoms with Crippen molar-refractivity contribution in [2.75, 3.05) is 61.4 Å². The van der Waals surface area contributed by atoms with Crippen LogP contribution in [0.5, 0.6) is 0 Å². The fraction of sp³-hybridized carbons (Fsp3) is 0.333. The third-order valence-electron chi connectivity index (χ3n) is 7.06. The molecule has 0 bridgehead atoms. The first-order valence-electron chi connectivity index (χ1n) is 13.9. The van der Waals surface area contributed by atoms with Crippen molar-refractivity contribution in [1.82, 2.24) is 14.8 Å². The highest BCUT2D eigenvalue weighted by Crippen LogP contribution is 2.20. The molecule has 2 aromatic carbocycles. The number of hydrogen-bond donors (Lipinski definition) is 2. The van der Waals surface area contributed by atoms with Gasteiger partial charge < -0.3 is 20.4 Å². The van der Waals surface area contributed by atoms with Crippen LogP contribution in [-0.2, 0) is 16.1 Å². The van der Waals surface area contributed by atoms with Crippen LogP contribution in [0.1, 0.15) is 6.92 Å². The molecule has 0 aliphatic carbocycles. The molecule has 0 saturated carbocycles. The lowest BCUT2D eigenvalue weighted by atomic mass is 10.2. The molecule has 2 N–H and O–H groups in total. The molecule has 0 spiro atoms. The second kappa shape index (κ2) is 14.2. The molecule has 1 aliphatic rings. The zero-order chi connectivity index (χ0) is 31.9. The van der Waals surface area contributed by atoms with Crippen molar-refractivity contribution < 1.29 is 22.8 Å². The van der Waals surface area contributed by atoms with Crippen LogP contribution in [0.15, 0.2) is 59.4 Å².